The van der Waals surface area contributed by atoms with Crippen LogP contribution < -0.4 is 10.0 Å². The van der Waals surface area contributed by atoms with Gasteiger partial charge >= 0.3 is 0 Å². The van der Waals surface area contributed by atoms with Crippen LogP contribution in [0.25, 0.3) is 0 Å². The fourth-order valence-corrected chi connectivity index (χ4v) is 4.66. The largest absolute Gasteiger partial charge is 0.376 e. The van der Waals surface area contributed by atoms with E-state index in [1.807, 2.05) is 0 Å². The van der Waals surface area contributed by atoms with Crippen molar-refractivity contribution < 1.29 is 17.9 Å². The van der Waals surface area contributed by atoms with Crippen LogP contribution in [0, 0.1) is 6.92 Å². The number of amides is 1. The number of nitrogens with one attached hydrogen (secondary N) is 2. The van der Waals surface area contributed by atoms with Crippen molar-refractivity contribution in [3.05, 3.63) is 40.9 Å². The lowest BCUT2D eigenvalue weighted by atomic mass is 10.2. The third kappa shape index (κ3) is 4.36. The van der Waals surface area contributed by atoms with E-state index in [4.69, 9.17) is 4.74 Å². The van der Waals surface area contributed by atoms with Gasteiger partial charge in [-0.15, -0.1) is 0 Å². The van der Waals surface area contributed by atoms with Crippen molar-refractivity contribution in [2.75, 3.05) is 17.9 Å². The summed E-state index contributed by atoms with van der Waals surface area (Å²) in [6.07, 6.45) is 1.99. The highest BCUT2D eigenvalue weighted by Crippen LogP contribution is 2.25. The first kappa shape index (κ1) is 17.8. The van der Waals surface area contributed by atoms with Crippen molar-refractivity contribution in [3.63, 3.8) is 0 Å². The molecule has 3 rings (SSSR count). The summed E-state index contributed by atoms with van der Waals surface area (Å²) in [6.45, 7) is 2.85. The molecule has 1 atom stereocenters. The maximum Gasteiger partial charge on any atom is 0.263 e. The molecule has 1 aromatic carbocycles. The van der Waals surface area contributed by atoms with Gasteiger partial charge in [-0.1, -0.05) is 29.5 Å². The van der Waals surface area contributed by atoms with E-state index in [0.29, 0.717) is 17.1 Å². The topological polar surface area (TPSA) is 97.4 Å². The number of benzene rings is 1. The van der Waals surface area contributed by atoms with Crippen molar-refractivity contribution in [2.24, 2.45) is 0 Å². The number of hydrogen-bond donors (Lipinski definition) is 2. The molecular formula is C16H19N3O4S2. The summed E-state index contributed by atoms with van der Waals surface area (Å²) in [5.41, 5.74) is 0.487. The summed E-state index contributed by atoms with van der Waals surface area (Å²) in [5, 5.41) is 2.99. The van der Waals surface area contributed by atoms with Gasteiger partial charge in [0.1, 0.15) is 4.88 Å². The first-order valence-electron chi connectivity index (χ1n) is 7.91. The zero-order valence-corrected chi connectivity index (χ0v) is 15.3. The van der Waals surface area contributed by atoms with Crippen LogP contribution in [-0.4, -0.2) is 38.6 Å². The maximum absolute atomic E-state index is 12.3. The Hall–Kier alpha value is -1.97. The Morgan fingerprint density at radius 2 is 2.12 bits per heavy atom. The van der Waals surface area contributed by atoms with Crippen molar-refractivity contribution >= 4 is 32.4 Å². The van der Waals surface area contributed by atoms with E-state index in [2.05, 4.69) is 15.0 Å². The third-order valence-corrected chi connectivity index (χ3v) is 6.35. The summed E-state index contributed by atoms with van der Waals surface area (Å²) in [4.78, 5) is 17.0. The van der Waals surface area contributed by atoms with E-state index >= 15 is 0 Å². The van der Waals surface area contributed by atoms with Gasteiger partial charge in [-0.05, 0) is 31.9 Å². The summed E-state index contributed by atoms with van der Waals surface area (Å²) in [6, 6.07) is 8.02. The molecule has 1 fully saturated rings. The highest BCUT2D eigenvalue weighted by atomic mass is 32.2. The number of nitrogens with zero attached hydrogens (tertiary/aromatic N) is 1. The van der Waals surface area contributed by atoms with E-state index in [1.165, 1.54) is 12.1 Å². The smallest absolute Gasteiger partial charge is 0.263 e. The summed E-state index contributed by atoms with van der Waals surface area (Å²) >= 11 is 1.02. The number of hydrogen-bond acceptors (Lipinski definition) is 6. The van der Waals surface area contributed by atoms with Gasteiger partial charge in [0.05, 0.1) is 16.7 Å². The van der Waals surface area contributed by atoms with E-state index in [9.17, 15) is 13.2 Å². The second kappa shape index (κ2) is 7.51. The standard InChI is InChI=1S/C16H19N3O4S2/c1-11-14(15(20)17-10-12-6-5-9-23-12)24-16(18-11)19-25(21,22)13-7-3-2-4-8-13/h2-4,7-8,12H,5-6,9-10H2,1H3,(H,17,20)(H,18,19). The first-order valence-corrected chi connectivity index (χ1v) is 10.2. The highest BCUT2D eigenvalue weighted by Gasteiger charge is 2.21. The summed E-state index contributed by atoms with van der Waals surface area (Å²) in [7, 11) is -3.72. The minimum absolute atomic E-state index is 0.0493. The van der Waals surface area contributed by atoms with Crippen molar-refractivity contribution in [3.8, 4) is 0 Å². The average molecular weight is 381 g/mol. The second-order valence-electron chi connectivity index (χ2n) is 5.70. The lowest BCUT2D eigenvalue weighted by molar-refractivity contribution is 0.0860. The minimum Gasteiger partial charge on any atom is -0.376 e. The minimum atomic E-state index is -3.72. The van der Waals surface area contributed by atoms with Gasteiger partial charge in [0.2, 0.25) is 0 Å². The molecule has 2 aromatic rings. The van der Waals surface area contributed by atoms with Gasteiger partial charge in [-0.2, -0.15) is 0 Å². The normalized spacial score (nSPS) is 17.4. The van der Waals surface area contributed by atoms with Crippen LogP contribution in [0.5, 0.6) is 0 Å². The van der Waals surface area contributed by atoms with Gasteiger partial charge in [-0.3, -0.25) is 9.52 Å². The van der Waals surface area contributed by atoms with Gasteiger partial charge in [0.15, 0.2) is 5.13 Å². The van der Waals surface area contributed by atoms with Gasteiger partial charge in [0, 0.05) is 13.2 Å². The maximum atomic E-state index is 12.3. The SMILES string of the molecule is Cc1nc(NS(=O)(=O)c2ccccc2)sc1C(=O)NCC1CCCO1. The first-order chi connectivity index (χ1) is 12.0. The number of carbonyl (C=O) groups is 1. The summed E-state index contributed by atoms with van der Waals surface area (Å²) < 4.78 is 32.6. The average Bonchev–Trinajstić information content (AvgIpc) is 3.23. The Kier molecular flexibility index (Phi) is 5.36. The van der Waals surface area contributed by atoms with Crippen LogP contribution in [0.15, 0.2) is 35.2 Å². The Labute approximate surface area is 150 Å². The molecule has 0 spiro atoms. The number of anilines is 1. The van der Waals surface area contributed by atoms with Crippen LogP contribution in [0.4, 0.5) is 5.13 Å². The van der Waals surface area contributed by atoms with Crippen LogP contribution in [0.1, 0.15) is 28.2 Å². The van der Waals surface area contributed by atoms with Gasteiger partial charge in [0.25, 0.3) is 15.9 Å². The third-order valence-electron chi connectivity index (χ3n) is 3.79. The molecule has 25 heavy (non-hydrogen) atoms. The summed E-state index contributed by atoms with van der Waals surface area (Å²) in [5.74, 6) is -0.268. The molecule has 7 nitrogen and oxygen atoms in total. The predicted octanol–water partition coefficient (Wildman–Crippen LogP) is 2.16. The van der Waals surface area contributed by atoms with Crippen LogP contribution in [-0.2, 0) is 14.8 Å². The highest BCUT2D eigenvalue weighted by molar-refractivity contribution is 7.93. The lowest BCUT2D eigenvalue weighted by Crippen LogP contribution is -2.31. The number of rotatable bonds is 6. The van der Waals surface area contributed by atoms with E-state index in [-0.39, 0.29) is 22.0 Å². The van der Waals surface area contributed by atoms with Crippen LogP contribution in [0.2, 0.25) is 0 Å². The van der Waals surface area contributed by atoms with E-state index in [0.717, 1.165) is 30.8 Å². The molecule has 1 aliphatic heterocycles. The second-order valence-corrected chi connectivity index (χ2v) is 8.38. The van der Waals surface area contributed by atoms with Crippen LogP contribution in [0.3, 0.4) is 0 Å². The number of aryl methyl sites for hydroxylation is 1. The zero-order valence-electron chi connectivity index (χ0n) is 13.7. The number of carbonyl (C=O) groups excluding carboxylic acids is 1. The molecule has 1 aliphatic rings. The van der Waals surface area contributed by atoms with E-state index < -0.39 is 10.0 Å². The Morgan fingerprint density at radius 1 is 1.36 bits per heavy atom. The van der Waals surface area contributed by atoms with Crippen molar-refractivity contribution in [2.45, 2.75) is 30.8 Å². The monoisotopic (exact) mass is 381 g/mol. The molecule has 1 unspecified atom stereocenters. The molecule has 134 valence electrons. The predicted molar refractivity (Wildman–Crippen MR) is 95.4 cm³/mol. The number of aromatic nitrogens is 1. The van der Waals surface area contributed by atoms with Gasteiger partial charge < -0.3 is 10.1 Å². The Morgan fingerprint density at radius 3 is 2.80 bits per heavy atom. The molecule has 2 N–H and O–H groups in total. The molecule has 2 heterocycles. The van der Waals surface area contributed by atoms with Gasteiger partial charge in [-0.25, -0.2) is 13.4 Å². The zero-order chi connectivity index (χ0) is 17.9. The quantitative estimate of drug-likeness (QED) is 0.799. The molecule has 9 heteroatoms. The Balaban J connectivity index is 1.68. The van der Waals surface area contributed by atoms with Crippen molar-refractivity contribution in [1.29, 1.82) is 0 Å². The molecule has 1 saturated heterocycles. The molecule has 0 bridgehead atoms. The molecule has 1 aromatic heterocycles. The molecule has 1 amide bonds. The van der Waals surface area contributed by atoms with E-state index in [1.54, 1.807) is 25.1 Å². The van der Waals surface area contributed by atoms with Crippen molar-refractivity contribution in [1.82, 2.24) is 10.3 Å². The molecule has 0 aliphatic carbocycles. The lowest BCUT2D eigenvalue weighted by Gasteiger charge is -2.09. The molecule has 0 saturated carbocycles. The Bertz CT molecular complexity index is 844. The number of ether oxygens (including phenoxy) is 1. The molecular weight excluding hydrogens is 362 g/mol. The molecule has 0 radical (unpaired) electrons. The number of sulfonamides is 1. The van der Waals surface area contributed by atoms with Crippen LogP contribution >= 0.6 is 11.3 Å². The fraction of sp³-hybridized carbons (Fsp3) is 0.375. The number of thiazole rings is 1. The fourth-order valence-electron chi connectivity index (χ4n) is 2.52.